The Morgan fingerprint density at radius 1 is 1.47 bits per heavy atom. The number of hydrogen-bond acceptors (Lipinski definition) is 4. The maximum absolute atomic E-state index is 12.9. The van der Waals surface area contributed by atoms with Crippen molar-refractivity contribution in [3.63, 3.8) is 0 Å². The maximum Gasteiger partial charge on any atom is 0.486 e. The van der Waals surface area contributed by atoms with Gasteiger partial charge in [0.1, 0.15) is 5.82 Å². The number of pyridine rings is 1. The molecule has 0 unspecified atom stereocenters. The number of anilines is 2. The lowest BCUT2D eigenvalue weighted by molar-refractivity contribution is -0.136. The lowest BCUT2D eigenvalue weighted by atomic mass is 10.3. The second kappa shape index (κ2) is 5.22. The van der Waals surface area contributed by atoms with Crippen LogP contribution in [-0.2, 0) is 4.74 Å². The average Bonchev–Trinajstić information content (AvgIpc) is 2.19. The van der Waals surface area contributed by atoms with Crippen molar-refractivity contribution in [2.24, 2.45) is 0 Å². The van der Waals surface area contributed by atoms with Gasteiger partial charge < -0.3 is 10.5 Å². The van der Waals surface area contributed by atoms with E-state index >= 15 is 0 Å². The van der Waals surface area contributed by atoms with E-state index in [1.807, 2.05) is 0 Å². The number of nitrogen functional groups attached to an aromatic ring is 1. The van der Waals surface area contributed by atoms with Crippen LogP contribution in [0.25, 0.3) is 0 Å². The molecule has 0 aliphatic rings. The Balaban J connectivity index is 3.02. The molecule has 2 N–H and O–H groups in total. The summed E-state index contributed by atoms with van der Waals surface area (Å²) in [5.74, 6) is -0.198. The van der Waals surface area contributed by atoms with Gasteiger partial charge in [-0.2, -0.15) is 13.2 Å². The van der Waals surface area contributed by atoms with Crippen molar-refractivity contribution in [2.45, 2.75) is 19.3 Å². The number of nitrogens with two attached hydrogens (primary N) is 1. The van der Waals surface area contributed by atoms with Gasteiger partial charge in [-0.05, 0) is 19.1 Å². The van der Waals surface area contributed by atoms with Crippen molar-refractivity contribution in [1.82, 2.24) is 4.98 Å². The van der Waals surface area contributed by atoms with Crippen molar-refractivity contribution >= 4 is 11.5 Å². The molecule has 7 heteroatoms. The van der Waals surface area contributed by atoms with E-state index in [-0.39, 0.29) is 17.3 Å². The third-order valence-corrected chi connectivity index (χ3v) is 2.14. The van der Waals surface area contributed by atoms with Crippen LogP contribution in [0.5, 0.6) is 0 Å². The summed E-state index contributed by atoms with van der Waals surface area (Å²) in [6, 6.07) is 1.74. The molecule has 0 aromatic carbocycles. The van der Waals surface area contributed by atoms with E-state index in [1.54, 1.807) is 0 Å². The van der Waals surface area contributed by atoms with Crippen molar-refractivity contribution in [1.29, 1.82) is 0 Å². The zero-order chi connectivity index (χ0) is 13.1. The second-order valence-electron chi connectivity index (χ2n) is 3.59. The van der Waals surface area contributed by atoms with E-state index in [2.05, 4.69) is 4.98 Å². The largest absolute Gasteiger partial charge is 0.486 e. The molecular weight excluding hydrogens is 235 g/mol. The number of alkyl halides is 3. The minimum absolute atomic E-state index is 0.0500. The van der Waals surface area contributed by atoms with Crippen LogP contribution in [0.4, 0.5) is 24.7 Å². The molecule has 0 aliphatic carbocycles. The van der Waals surface area contributed by atoms with Crippen molar-refractivity contribution in [3.8, 4) is 0 Å². The molecule has 0 saturated carbocycles. The molecular formula is C10H14F3N3O. The highest BCUT2D eigenvalue weighted by atomic mass is 19.4. The summed E-state index contributed by atoms with van der Waals surface area (Å²) in [6.07, 6.45) is -3.32. The monoisotopic (exact) mass is 249 g/mol. The second-order valence-corrected chi connectivity index (χ2v) is 3.59. The van der Waals surface area contributed by atoms with Gasteiger partial charge in [0.25, 0.3) is 0 Å². The van der Waals surface area contributed by atoms with Crippen LogP contribution in [-0.4, -0.2) is 31.0 Å². The molecule has 0 aliphatic heterocycles. The predicted molar refractivity (Wildman–Crippen MR) is 58.5 cm³/mol. The van der Waals surface area contributed by atoms with E-state index in [9.17, 15) is 13.2 Å². The third kappa shape index (κ3) is 3.48. The standard InChI is InChI=1S/C10H14F3N3O/c1-7(6-17-2)16(10(11,12)13)9-4-3-8(14)5-15-9/h3-5,7H,6,14H2,1-2H3/t7-/m1/s1. The molecule has 1 aromatic rings. The molecule has 0 fully saturated rings. The van der Waals surface area contributed by atoms with Crippen LogP contribution < -0.4 is 10.6 Å². The van der Waals surface area contributed by atoms with Crippen molar-refractivity contribution < 1.29 is 17.9 Å². The van der Waals surface area contributed by atoms with Crippen LogP contribution in [0, 0.1) is 0 Å². The highest BCUT2D eigenvalue weighted by molar-refractivity contribution is 5.47. The Kier molecular flexibility index (Phi) is 4.17. The summed E-state index contributed by atoms with van der Waals surface area (Å²) < 4.78 is 43.4. The third-order valence-electron chi connectivity index (χ3n) is 2.14. The average molecular weight is 249 g/mol. The fourth-order valence-corrected chi connectivity index (χ4v) is 1.46. The number of aromatic nitrogens is 1. The normalized spacial score (nSPS) is 13.5. The van der Waals surface area contributed by atoms with Crippen LogP contribution in [0.15, 0.2) is 18.3 Å². The first-order valence-corrected chi connectivity index (χ1v) is 4.92. The maximum atomic E-state index is 12.9. The van der Waals surface area contributed by atoms with Crippen LogP contribution in [0.1, 0.15) is 6.92 Å². The zero-order valence-electron chi connectivity index (χ0n) is 9.53. The van der Waals surface area contributed by atoms with Crippen LogP contribution >= 0.6 is 0 Å². The summed E-state index contributed by atoms with van der Waals surface area (Å²) in [7, 11) is 1.35. The van der Waals surface area contributed by atoms with Gasteiger partial charge in [0.05, 0.1) is 24.5 Å². The minimum Gasteiger partial charge on any atom is -0.397 e. The Bertz CT molecular complexity index is 353. The van der Waals surface area contributed by atoms with Crippen LogP contribution in [0.3, 0.4) is 0 Å². The first-order valence-electron chi connectivity index (χ1n) is 4.92. The number of halogens is 3. The van der Waals surface area contributed by atoms with Crippen molar-refractivity contribution in [3.05, 3.63) is 18.3 Å². The molecule has 1 rings (SSSR count). The molecule has 0 radical (unpaired) electrons. The quantitative estimate of drug-likeness (QED) is 0.829. The first kappa shape index (κ1) is 13.6. The Labute approximate surface area is 97.2 Å². The number of hydrogen-bond donors (Lipinski definition) is 1. The molecule has 0 saturated heterocycles. The topological polar surface area (TPSA) is 51.4 Å². The fraction of sp³-hybridized carbons (Fsp3) is 0.500. The molecule has 4 nitrogen and oxygen atoms in total. The van der Waals surface area contributed by atoms with Gasteiger partial charge in [-0.1, -0.05) is 0 Å². The SMILES string of the molecule is COC[C@@H](C)N(c1ccc(N)cn1)C(F)(F)F. The van der Waals surface area contributed by atoms with E-state index < -0.39 is 12.3 Å². The summed E-state index contributed by atoms with van der Waals surface area (Å²) >= 11 is 0. The zero-order valence-corrected chi connectivity index (χ0v) is 9.53. The van der Waals surface area contributed by atoms with E-state index in [1.165, 1.54) is 32.4 Å². The Morgan fingerprint density at radius 3 is 2.53 bits per heavy atom. The summed E-state index contributed by atoms with van der Waals surface area (Å²) in [5, 5.41) is 0. The number of ether oxygens (including phenoxy) is 1. The van der Waals surface area contributed by atoms with Gasteiger partial charge >= 0.3 is 6.30 Å². The number of rotatable bonds is 4. The van der Waals surface area contributed by atoms with Gasteiger partial charge in [0, 0.05) is 7.11 Å². The van der Waals surface area contributed by atoms with Gasteiger partial charge in [0.15, 0.2) is 0 Å². The van der Waals surface area contributed by atoms with E-state index in [0.29, 0.717) is 5.69 Å². The Hall–Kier alpha value is -1.50. The highest BCUT2D eigenvalue weighted by Gasteiger charge is 2.41. The van der Waals surface area contributed by atoms with Crippen molar-refractivity contribution in [2.75, 3.05) is 24.4 Å². The summed E-state index contributed by atoms with van der Waals surface area (Å²) in [6.45, 7) is 1.36. The molecule has 0 amide bonds. The molecule has 0 spiro atoms. The van der Waals surface area contributed by atoms with Gasteiger partial charge in [0.2, 0.25) is 0 Å². The smallest absolute Gasteiger partial charge is 0.397 e. The van der Waals surface area contributed by atoms with Gasteiger partial charge in [-0.25, -0.2) is 4.98 Å². The minimum atomic E-state index is -4.51. The number of nitrogens with zero attached hydrogens (tertiary/aromatic N) is 2. The number of methoxy groups -OCH3 is 1. The fourth-order valence-electron chi connectivity index (χ4n) is 1.46. The van der Waals surface area contributed by atoms with E-state index in [0.717, 1.165) is 0 Å². The molecule has 1 atom stereocenters. The summed E-state index contributed by atoms with van der Waals surface area (Å²) in [5.41, 5.74) is 5.70. The lowest BCUT2D eigenvalue weighted by Crippen LogP contribution is -2.47. The molecule has 96 valence electrons. The van der Waals surface area contributed by atoms with Gasteiger partial charge in [-0.3, -0.25) is 4.90 Å². The van der Waals surface area contributed by atoms with Gasteiger partial charge in [-0.15, -0.1) is 0 Å². The highest BCUT2D eigenvalue weighted by Crippen LogP contribution is 2.29. The van der Waals surface area contributed by atoms with E-state index in [4.69, 9.17) is 10.5 Å². The molecule has 17 heavy (non-hydrogen) atoms. The molecule has 1 aromatic heterocycles. The predicted octanol–water partition coefficient (Wildman–Crippen LogP) is 2.02. The molecule has 1 heterocycles. The lowest BCUT2D eigenvalue weighted by Gasteiger charge is -2.31. The summed E-state index contributed by atoms with van der Waals surface area (Å²) in [4.78, 5) is 3.92. The van der Waals surface area contributed by atoms with Crippen LogP contribution in [0.2, 0.25) is 0 Å². The first-order chi connectivity index (χ1) is 7.86. The Morgan fingerprint density at radius 2 is 2.12 bits per heavy atom. The molecule has 0 bridgehead atoms.